The SMILES string of the molecule is COc1ccc(N=C2S/C(=C/c3cccc(OC)c3OC)C(=O)N2CCc2c[nH]c3ccccc23)cc1. The number of thioether (sulfide) groups is 1. The first-order valence-corrected chi connectivity index (χ1v) is 12.6. The van der Waals surface area contributed by atoms with Crippen LogP contribution in [0.1, 0.15) is 11.1 Å². The van der Waals surface area contributed by atoms with Crippen molar-refractivity contribution in [1.29, 1.82) is 0 Å². The number of rotatable bonds is 8. The maximum absolute atomic E-state index is 13.6. The molecule has 37 heavy (non-hydrogen) atoms. The third-order valence-corrected chi connectivity index (χ3v) is 7.19. The number of carbonyl (C=O) groups is 1. The van der Waals surface area contributed by atoms with Crippen LogP contribution in [-0.2, 0) is 11.2 Å². The highest BCUT2D eigenvalue weighted by molar-refractivity contribution is 8.18. The van der Waals surface area contributed by atoms with Gasteiger partial charge < -0.3 is 19.2 Å². The van der Waals surface area contributed by atoms with E-state index in [-0.39, 0.29) is 5.91 Å². The molecule has 1 aliphatic heterocycles. The van der Waals surface area contributed by atoms with Crippen LogP contribution in [0, 0.1) is 0 Å². The van der Waals surface area contributed by atoms with Crippen molar-refractivity contribution in [3.63, 3.8) is 0 Å². The molecule has 1 amide bonds. The summed E-state index contributed by atoms with van der Waals surface area (Å²) >= 11 is 1.35. The summed E-state index contributed by atoms with van der Waals surface area (Å²) in [4.78, 5) is 24.1. The van der Waals surface area contributed by atoms with E-state index < -0.39 is 0 Å². The van der Waals surface area contributed by atoms with E-state index in [0.717, 1.165) is 33.5 Å². The molecule has 1 aromatic heterocycles. The van der Waals surface area contributed by atoms with Crippen LogP contribution >= 0.6 is 11.8 Å². The first-order chi connectivity index (χ1) is 18.1. The molecule has 2 heterocycles. The van der Waals surface area contributed by atoms with Crippen molar-refractivity contribution in [2.45, 2.75) is 6.42 Å². The molecule has 0 bridgehead atoms. The largest absolute Gasteiger partial charge is 0.497 e. The molecular weight excluding hydrogens is 486 g/mol. The van der Waals surface area contributed by atoms with Crippen LogP contribution in [0.5, 0.6) is 17.2 Å². The Kier molecular flexibility index (Phi) is 7.18. The number of amides is 1. The van der Waals surface area contributed by atoms with Crippen molar-refractivity contribution < 1.29 is 19.0 Å². The monoisotopic (exact) mass is 513 g/mol. The summed E-state index contributed by atoms with van der Waals surface area (Å²) in [6, 6.07) is 21.2. The van der Waals surface area contributed by atoms with E-state index in [1.165, 1.54) is 11.8 Å². The first-order valence-electron chi connectivity index (χ1n) is 11.8. The lowest BCUT2D eigenvalue weighted by molar-refractivity contribution is -0.122. The minimum atomic E-state index is -0.0954. The molecule has 188 valence electrons. The lowest BCUT2D eigenvalue weighted by Crippen LogP contribution is -2.31. The topological polar surface area (TPSA) is 76.2 Å². The number of aromatic nitrogens is 1. The van der Waals surface area contributed by atoms with Gasteiger partial charge in [-0.2, -0.15) is 0 Å². The molecule has 0 saturated carbocycles. The average molecular weight is 514 g/mol. The number of hydrogen-bond donors (Lipinski definition) is 1. The molecule has 5 rings (SSSR count). The van der Waals surface area contributed by atoms with E-state index in [9.17, 15) is 4.79 Å². The summed E-state index contributed by atoms with van der Waals surface area (Å²) in [6.45, 7) is 0.495. The summed E-state index contributed by atoms with van der Waals surface area (Å²) in [6.07, 6.45) is 4.54. The van der Waals surface area contributed by atoms with Gasteiger partial charge in [0.1, 0.15) is 5.75 Å². The van der Waals surface area contributed by atoms with Crippen LogP contribution in [-0.4, -0.2) is 48.8 Å². The Labute approximate surface area is 219 Å². The number of ether oxygens (including phenoxy) is 3. The number of hydrogen-bond acceptors (Lipinski definition) is 6. The lowest BCUT2D eigenvalue weighted by Gasteiger charge is -2.15. The van der Waals surface area contributed by atoms with Crippen LogP contribution < -0.4 is 14.2 Å². The molecule has 0 radical (unpaired) electrons. The quantitative estimate of drug-likeness (QED) is 0.291. The van der Waals surface area contributed by atoms with E-state index in [1.54, 1.807) is 26.2 Å². The summed E-state index contributed by atoms with van der Waals surface area (Å²) in [5.74, 6) is 1.84. The normalized spacial score (nSPS) is 15.6. The molecule has 1 fully saturated rings. The van der Waals surface area contributed by atoms with Crippen LogP contribution in [0.25, 0.3) is 17.0 Å². The summed E-state index contributed by atoms with van der Waals surface area (Å²) in [5.41, 5.74) is 3.75. The number of para-hydroxylation sites is 2. The first kappa shape index (κ1) is 24.5. The fourth-order valence-electron chi connectivity index (χ4n) is 4.29. The van der Waals surface area contributed by atoms with Gasteiger partial charge >= 0.3 is 0 Å². The number of fused-ring (bicyclic) bond motifs is 1. The van der Waals surface area contributed by atoms with Crippen LogP contribution in [0.3, 0.4) is 0 Å². The molecular formula is C29H27N3O4S. The standard InChI is InChI=1S/C29H27N3O4S/c1-34-22-13-11-21(12-14-22)31-29-32(16-15-20-18-30-24-9-5-4-8-23(20)24)28(33)26(37-29)17-19-7-6-10-25(35-2)27(19)36-3/h4-14,17-18,30H,15-16H2,1-3H3/b26-17+,31-29?. The Hall–Kier alpha value is -4.17. The van der Waals surface area contributed by atoms with E-state index in [2.05, 4.69) is 17.1 Å². The summed E-state index contributed by atoms with van der Waals surface area (Å²) in [5, 5.41) is 1.79. The lowest BCUT2D eigenvalue weighted by atomic mass is 10.1. The Morgan fingerprint density at radius 3 is 2.51 bits per heavy atom. The van der Waals surface area contributed by atoms with Gasteiger partial charge in [0.2, 0.25) is 0 Å². The highest BCUT2D eigenvalue weighted by Crippen LogP contribution is 2.38. The number of H-pyrrole nitrogens is 1. The van der Waals surface area contributed by atoms with Gasteiger partial charge in [-0.3, -0.25) is 9.69 Å². The van der Waals surface area contributed by atoms with Crippen LogP contribution in [0.2, 0.25) is 0 Å². The van der Waals surface area contributed by atoms with Gasteiger partial charge in [0.25, 0.3) is 5.91 Å². The molecule has 1 aliphatic rings. The molecule has 0 aliphatic carbocycles. The maximum Gasteiger partial charge on any atom is 0.266 e. The number of benzene rings is 3. The molecule has 1 saturated heterocycles. The zero-order valence-corrected chi connectivity index (χ0v) is 21.7. The average Bonchev–Trinajstić information content (AvgIpc) is 3.47. The fraction of sp³-hybridized carbons (Fsp3) is 0.172. The minimum absolute atomic E-state index is 0.0954. The van der Waals surface area contributed by atoms with Crippen molar-refractivity contribution in [3.8, 4) is 17.2 Å². The molecule has 0 unspecified atom stereocenters. The summed E-state index contributed by atoms with van der Waals surface area (Å²) in [7, 11) is 4.81. The Morgan fingerprint density at radius 2 is 1.76 bits per heavy atom. The van der Waals surface area contributed by atoms with Gasteiger partial charge in [-0.15, -0.1) is 0 Å². The molecule has 4 aromatic rings. The molecule has 0 atom stereocenters. The van der Waals surface area contributed by atoms with Crippen molar-refractivity contribution in [3.05, 3.63) is 89.0 Å². The Balaban J connectivity index is 1.49. The van der Waals surface area contributed by atoms with Gasteiger partial charge in [-0.25, -0.2) is 4.99 Å². The van der Waals surface area contributed by atoms with E-state index in [4.69, 9.17) is 19.2 Å². The number of carbonyl (C=O) groups excluding carboxylic acids is 1. The number of aromatic amines is 1. The Morgan fingerprint density at radius 1 is 0.946 bits per heavy atom. The van der Waals surface area contributed by atoms with Gasteiger partial charge in [0.15, 0.2) is 16.7 Å². The summed E-state index contributed by atoms with van der Waals surface area (Å²) < 4.78 is 16.3. The predicted molar refractivity (Wildman–Crippen MR) is 149 cm³/mol. The van der Waals surface area contributed by atoms with Crippen LogP contribution in [0.4, 0.5) is 5.69 Å². The molecule has 3 aromatic carbocycles. The number of aliphatic imine (C=N–C) groups is 1. The molecule has 7 nitrogen and oxygen atoms in total. The van der Waals surface area contributed by atoms with Crippen LogP contribution in [0.15, 0.2) is 82.8 Å². The fourth-order valence-corrected chi connectivity index (χ4v) is 5.31. The highest BCUT2D eigenvalue weighted by atomic mass is 32.2. The van der Waals surface area contributed by atoms with Crippen molar-refractivity contribution in [2.75, 3.05) is 27.9 Å². The number of methoxy groups -OCH3 is 3. The molecule has 1 N–H and O–H groups in total. The Bertz CT molecular complexity index is 1490. The van der Waals surface area contributed by atoms with Crippen molar-refractivity contribution in [1.82, 2.24) is 9.88 Å². The zero-order valence-electron chi connectivity index (χ0n) is 20.9. The van der Waals surface area contributed by atoms with E-state index in [0.29, 0.717) is 34.5 Å². The minimum Gasteiger partial charge on any atom is -0.497 e. The highest BCUT2D eigenvalue weighted by Gasteiger charge is 2.33. The van der Waals surface area contributed by atoms with Crippen molar-refractivity contribution in [2.24, 2.45) is 4.99 Å². The second-order valence-corrected chi connectivity index (χ2v) is 9.36. The van der Waals surface area contributed by atoms with Crippen molar-refractivity contribution >= 4 is 45.5 Å². The van der Waals surface area contributed by atoms with Gasteiger partial charge in [0.05, 0.1) is 31.9 Å². The third-order valence-electron chi connectivity index (χ3n) is 6.18. The van der Waals surface area contributed by atoms with Gasteiger partial charge in [-0.05, 0) is 66.2 Å². The zero-order chi connectivity index (χ0) is 25.8. The number of amidine groups is 1. The van der Waals surface area contributed by atoms with Gasteiger partial charge in [0, 0.05) is 29.2 Å². The number of nitrogens with zero attached hydrogens (tertiary/aromatic N) is 2. The van der Waals surface area contributed by atoms with E-state index >= 15 is 0 Å². The number of nitrogens with one attached hydrogen (secondary N) is 1. The second kappa shape index (κ2) is 10.8. The second-order valence-electron chi connectivity index (χ2n) is 8.35. The van der Waals surface area contributed by atoms with E-state index in [1.807, 2.05) is 66.9 Å². The molecule has 8 heteroatoms. The molecule has 0 spiro atoms. The third kappa shape index (κ3) is 5.06. The predicted octanol–water partition coefficient (Wildman–Crippen LogP) is 6.04. The smallest absolute Gasteiger partial charge is 0.266 e. The van der Waals surface area contributed by atoms with Gasteiger partial charge in [-0.1, -0.05) is 30.3 Å². The maximum atomic E-state index is 13.6.